The normalized spacial score (nSPS) is 22.4. The van der Waals surface area contributed by atoms with Gasteiger partial charge in [-0.1, -0.05) is 26.7 Å². The number of hydrogen-bond donors (Lipinski definition) is 1. The molecule has 0 aromatic heterocycles. The van der Waals surface area contributed by atoms with Crippen molar-refractivity contribution >= 4 is 0 Å². The Morgan fingerprint density at radius 1 is 1.24 bits per heavy atom. The van der Waals surface area contributed by atoms with Gasteiger partial charge in [-0.2, -0.15) is 0 Å². The highest BCUT2D eigenvalue weighted by atomic mass is 16.5. The standard InChI is InChI=1S/C15H31NO/c1-6-7-13(2)15(8-10-17-11-9-15)12-16-14(3,4)5/h13,16H,6-12H2,1-5H3. The monoisotopic (exact) mass is 241 g/mol. The van der Waals surface area contributed by atoms with Gasteiger partial charge in [-0.3, -0.25) is 0 Å². The van der Waals surface area contributed by atoms with Crippen LogP contribution in [-0.2, 0) is 4.74 Å². The molecule has 102 valence electrons. The summed E-state index contributed by atoms with van der Waals surface area (Å²) >= 11 is 0. The molecule has 0 aliphatic carbocycles. The lowest BCUT2D eigenvalue weighted by molar-refractivity contribution is -0.0190. The van der Waals surface area contributed by atoms with Crippen molar-refractivity contribution in [3.63, 3.8) is 0 Å². The predicted molar refractivity (Wildman–Crippen MR) is 74.3 cm³/mol. The second-order valence-electron chi connectivity index (χ2n) is 6.77. The molecule has 1 heterocycles. The van der Waals surface area contributed by atoms with Crippen molar-refractivity contribution in [1.29, 1.82) is 0 Å². The van der Waals surface area contributed by atoms with E-state index in [0.717, 1.165) is 25.7 Å². The summed E-state index contributed by atoms with van der Waals surface area (Å²) in [6.45, 7) is 14.5. The van der Waals surface area contributed by atoms with Crippen molar-refractivity contribution in [2.24, 2.45) is 11.3 Å². The number of nitrogens with one attached hydrogen (secondary N) is 1. The van der Waals surface area contributed by atoms with Crippen LogP contribution in [0, 0.1) is 11.3 Å². The van der Waals surface area contributed by atoms with E-state index in [2.05, 4.69) is 39.9 Å². The largest absolute Gasteiger partial charge is 0.381 e. The van der Waals surface area contributed by atoms with Crippen LogP contribution in [0.25, 0.3) is 0 Å². The zero-order valence-corrected chi connectivity index (χ0v) is 12.4. The Bertz CT molecular complexity index is 213. The first-order valence-electron chi connectivity index (χ1n) is 7.22. The lowest BCUT2D eigenvalue weighted by Gasteiger charge is -2.44. The van der Waals surface area contributed by atoms with Gasteiger partial charge in [0.1, 0.15) is 0 Å². The molecule has 0 amide bonds. The van der Waals surface area contributed by atoms with Gasteiger partial charge >= 0.3 is 0 Å². The minimum absolute atomic E-state index is 0.219. The average molecular weight is 241 g/mol. The van der Waals surface area contributed by atoms with Crippen LogP contribution in [0.3, 0.4) is 0 Å². The summed E-state index contributed by atoms with van der Waals surface area (Å²) in [6, 6.07) is 0. The van der Waals surface area contributed by atoms with Gasteiger partial charge < -0.3 is 10.1 Å². The van der Waals surface area contributed by atoms with Crippen LogP contribution in [0.1, 0.15) is 60.3 Å². The molecule has 2 nitrogen and oxygen atoms in total. The van der Waals surface area contributed by atoms with Crippen LogP contribution in [0.5, 0.6) is 0 Å². The Kier molecular flexibility index (Phi) is 5.46. The van der Waals surface area contributed by atoms with Gasteiger partial charge in [-0.25, -0.2) is 0 Å². The molecule has 1 unspecified atom stereocenters. The molecule has 0 saturated carbocycles. The molecule has 1 N–H and O–H groups in total. The van der Waals surface area contributed by atoms with Crippen LogP contribution in [-0.4, -0.2) is 25.3 Å². The molecule has 1 atom stereocenters. The first-order chi connectivity index (χ1) is 7.90. The van der Waals surface area contributed by atoms with Crippen LogP contribution >= 0.6 is 0 Å². The molecular formula is C15H31NO. The summed E-state index contributed by atoms with van der Waals surface area (Å²) in [5.74, 6) is 0.797. The van der Waals surface area contributed by atoms with E-state index in [-0.39, 0.29) is 5.54 Å². The maximum Gasteiger partial charge on any atom is 0.0471 e. The number of rotatable bonds is 5. The van der Waals surface area contributed by atoms with Gasteiger partial charge in [0, 0.05) is 25.3 Å². The Morgan fingerprint density at radius 3 is 2.29 bits per heavy atom. The van der Waals surface area contributed by atoms with Crippen molar-refractivity contribution in [3.8, 4) is 0 Å². The molecule has 1 aliphatic heterocycles. The van der Waals surface area contributed by atoms with Gasteiger partial charge in [0.05, 0.1) is 0 Å². The molecule has 2 heteroatoms. The van der Waals surface area contributed by atoms with Crippen molar-refractivity contribution in [1.82, 2.24) is 5.32 Å². The molecule has 17 heavy (non-hydrogen) atoms. The molecule has 0 aromatic carbocycles. The molecule has 1 fully saturated rings. The molecule has 0 radical (unpaired) electrons. The predicted octanol–water partition coefficient (Wildman–Crippen LogP) is 3.61. The van der Waals surface area contributed by atoms with Gasteiger partial charge in [-0.15, -0.1) is 0 Å². The van der Waals surface area contributed by atoms with Gasteiger partial charge in [0.2, 0.25) is 0 Å². The zero-order valence-electron chi connectivity index (χ0n) is 12.4. The van der Waals surface area contributed by atoms with Crippen LogP contribution < -0.4 is 5.32 Å². The van der Waals surface area contributed by atoms with E-state index in [1.165, 1.54) is 25.7 Å². The summed E-state index contributed by atoms with van der Waals surface area (Å²) in [6.07, 6.45) is 5.07. The second-order valence-corrected chi connectivity index (χ2v) is 6.77. The van der Waals surface area contributed by atoms with Crippen LogP contribution in [0.15, 0.2) is 0 Å². The number of hydrogen-bond acceptors (Lipinski definition) is 2. The highest BCUT2D eigenvalue weighted by Crippen LogP contribution is 2.40. The first kappa shape index (κ1) is 15.0. The first-order valence-corrected chi connectivity index (χ1v) is 7.22. The Labute approximate surface area is 108 Å². The Morgan fingerprint density at radius 2 is 1.82 bits per heavy atom. The van der Waals surface area contributed by atoms with Crippen LogP contribution in [0.2, 0.25) is 0 Å². The van der Waals surface area contributed by atoms with Gasteiger partial charge in [0.15, 0.2) is 0 Å². The Hall–Kier alpha value is -0.0800. The minimum atomic E-state index is 0.219. The molecular weight excluding hydrogens is 210 g/mol. The highest BCUT2D eigenvalue weighted by molar-refractivity contribution is 4.90. The summed E-state index contributed by atoms with van der Waals surface area (Å²) in [4.78, 5) is 0. The van der Waals surface area contributed by atoms with Crippen molar-refractivity contribution in [3.05, 3.63) is 0 Å². The smallest absolute Gasteiger partial charge is 0.0471 e. The van der Waals surface area contributed by atoms with Crippen molar-refractivity contribution in [2.45, 2.75) is 65.8 Å². The maximum atomic E-state index is 5.56. The van der Waals surface area contributed by atoms with E-state index >= 15 is 0 Å². The van der Waals surface area contributed by atoms with Crippen molar-refractivity contribution in [2.75, 3.05) is 19.8 Å². The van der Waals surface area contributed by atoms with Gasteiger partial charge in [-0.05, 0) is 44.9 Å². The molecule has 0 spiro atoms. The molecule has 0 bridgehead atoms. The topological polar surface area (TPSA) is 21.3 Å². The van der Waals surface area contributed by atoms with Crippen LogP contribution in [0.4, 0.5) is 0 Å². The van der Waals surface area contributed by atoms with Crippen molar-refractivity contribution < 1.29 is 4.74 Å². The van der Waals surface area contributed by atoms with E-state index in [4.69, 9.17) is 4.74 Å². The van der Waals surface area contributed by atoms with E-state index < -0.39 is 0 Å². The maximum absolute atomic E-state index is 5.56. The third-order valence-electron chi connectivity index (χ3n) is 4.23. The Balaban J connectivity index is 2.64. The fourth-order valence-corrected chi connectivity index (χ4v) is 2.80. The summed E-state index contributed by atoms with van der Waals surface area (Å²) in [5, 5.41) is 3.72. The molecule has 0 aromatic rings. The van der Waals surface area contributed by atoms with E-state index in [0.29, 0.717) is 5.41 Å². The van der Waals surface area contributed by atoms with E-state index in [1.54, 1.807) is 0 Å². The lowest BCUT2D eigenvalue weighted by Crippen LogP contribution is -2.49. The second kappa shape index (κ2) is 6.19. The summed E-state index contributed by atoms with van der Waals surface area (Å²) < 4.78 is 5.56. The molecule has 1 rings (SSSR count). The quantitative estimate of drug-likeness (QED) is 0.794. The highest BCUT2D eigenvalue weighted by Gasteiger charge is 2.37. The van der Waals surface area contributed by atoms with E-state index in [9.17, 15) is 0 Å². The number of ether oxygens (including phenoxy) is 1. The van der Waals surface area contributed by atoms with Gasteiger partial charge in [0.25, 0.3) is 0 Å². The molecule has 1 saturated heterocycles. The fourth-order valence-electron chi connectivity index (χ4n) is 2.80. The summed E-state index contributed by atoms with van der Waals surface area (Å²) in [5.41, 5.74) is 0.679. The third-order valence-corrected chi connectivity index (χ3v) is 4.23. The minimum Gasteiger partial charge on any atom is -0.381 e. The average Bonchev–Trinajstić information content (AvgIpc) is 2.27. The SMILES string of the molecule is CCCC(C)C1(CNC(C)(C)C)CCOCC1. The zero-order chi connectivity index (χ0) is 12.9. The third kappa shape index (κ3) is 4.59. The summed E-state index contributed by atoms with van der Waals surface area (Å²) in [7, 11) is 0. The lowest BCUT2D eigenvalue weighted by atomic mass is 9.68. The van der Waals surface area contributed by atoms with E-state index in [1.807, 2.05) is 0 Å². The fraction of sp³-hybridized carbons (Fsp3) is 1.00. The molecule has 1 aliphatic rings.